The van der Waals surface area contributed by atoms with Crippen molar-refractivity contribution in [2.24, 2.45) is 0 Å². The fourth-order valence-corrected chi connectivity index (χ4v) is 2.43. The van der Waals surface area contributed by atoms with Crippen LogP contribution in [0.15, 0.2) is 30.3 Å². The fraction of sp³-hybridized carbons (Fsp3) is 0.333. The molecule has 1 fully saturated rings. The number of nitrogens with two attached hydrogens (primary N) is 1. The third kappa shape index (κ3) is 3.43. The van der Waals surface area contributed by atoms with Crippen LogP contribution in [0, 0.1) is 5.82 Å². The second-order valence-corrected chi connectivity index (χ2v) is 5.40. The van der Waals surface area contributed by atoms with Crippen LogP contribution in [0.5, 0.6) is 0 Å². The van der Waals surface area contributed by atoms with E-state index in [0.29, 0.717) is 11.5 Å². The number of nitrogens with zero attached hydrogens (tertiary/aromatic N) is 4. The highest BCUT2D eigenvalue weighted by Gasteiger charge is 2.16. The number of likely N-dealkylation sites (N-methyl/N-ethyl adjacent to an activating group) is 1. The topological polar surface area (TPSA) is 70.3 Å². The molecule has 0 spiro atoms. The largest absolute Gasteiger partial charge is 0.368 e. The molecule has 6 nitrogen and oxygen atoms in total. The number of benzene rings is 1. The van der Waals surface area contributed by atoms with Crippen molar-refractivity contribution < 1.29 is 4.39 Å². The van der Waals surface area contributed by atoms with E-state index in [4.69, 9.17) is 5.73 Å². The number of hydrogen-bond acceptors (Lipinski definition) is 6. The third-order valence-electron chi connectivity index (χ3n) is 3.65. The lowest BCUT2D eigenvalue weighted by Gasteiger charge is -2.33. The van der Waals surface area contributed by atoms with Crippen molar-refractivity contribution in [1.82, 2.24) is 14.9 Å². The van der Waals surface area contributed by atoms with Crippen molar-refractivity contribution in [1.29, 1.82) is 0 Å². The first-order chi connectivity index (χ1) is 10.6. The molecule has 1 aliphatic heterocycles. The molecule has 1 aliphatic rings. The van der Waals surface area contributed by atoms with Crippen LogP contribution in [0.4, 0.5) is 27.7 Å². The van der Waals surface area contributed by atoms with E-state index < -0.39 is 0 Å². The summed E-state index contributed by atoms with van der Waals surface area (Å²) in [5.74, 6) is 1.26. The van der Waals surface area contributed by atoms with Crippen LogP contribution in [-0.4, -0.2) is 48.1 Å². The molecule has 2 heterocycles. The lowest BCUT2D eigenvalue weighted by atomic mass is 10.3. The monoisotopic (exact) mass is 302 g/mol. The standard InChI is InChI=1S/C15H19FN6/c1-21-5-7-22(8-6-21)14-10-13(19-15(17)20-14)18-12-4-2-3-11(16)9-12/h2-4,9-10H,5-8H2,1H3,(H3,17,18,19,20). The molecule has 22 heavy (non-hydrogen) atoms. The van der Waals surface area contributed by atoms with E-state index in [0.717, 1.165) is 32.0 Å². The molecule has 0 bridgehead atoms. The van der Waals surface area contributed by atoms with Crippen LogP contribution in [0.3, 0.4) is 0 Å². The smallest absolute Gasteiger partial charge is 0.223 e. The average Bonchev–Trinajstić information content (AvgIpc) is 2.47. The molecule has 2 aromatic rings. The fourth-order valence-electron chi connectivity index (χ4n) is 2.43. The Hall–Kier alpha value is -2.41. The maximum absolute atomic E-state index is 13.2. The van der Waals surface area contributed by atoms with Gasteiger partial charge in [0.2, 0.25) is 5.95 Å². The maximum Gasteiger partial charge on any atom is 0.223 e. The van der Waals surface area contributed by atoms with E-state index in [2.05, 4.69) is 32.1 Å². The minimum Gasteiger partial charge on any atom is -0.368 e. The number of nitrogen functional groups attached to an aromatic ring is 1. The quantitative estimate of drug-likeness (QED) is 0.899. The Bertz CT molecular complexity index is 654. The van der Waals surface area contributed by atoms with Crippen LogP contribution >= 0.6 is 0 Å². The summed E-state index contributed by atoms with van der Waals surface area (Å²) >= 11 is 0. The SMILES string of the molecule is CN1CCN(c2cc(Nc3cccc(F)c3)nc(N)n2)CC1. The number of anilines is 4. The summed E-state index contributed by atoms with van der Waals surface area (Å²) in [6.45, 7) is 3.76. The van der Waals surface area contributed by atoms with Gasteiger partial charge < -0.3 is 20.9 Å². The van der Waals surface area contributed by atoms with Crippen molar-refractivity contribution in [2.45, 2.75) is 0 Å². The first-order valence-corrected chi connectivity index (χ1v) is 7.21. The van der Waals surface area contributed by atoms with Gasteiger partial charge in [-0.1, -0.05) is 6.07 Å². The van der Waals surface area contributed by atoms with Crippen molar-refractivity contribution in [3.05, 3.63) is 36.1 Å². The molecule has 0 unspecified atom stereocenters. The first kappa shape index (κ1) is 14.5. The Labute approximate surface area is 128 Å². The number of hydrogen-bond donors (Lipinski definition) is 2. The molecule has 0 radical (unpaired) electrons. The number of rotatable bonds is 3. The Morgan fingerprint density at radius 1 is 1.14 bits per heavy atom. The number of halogens is 1. The Kier molecular flexibility index (Phi) is 4.06. The summed E-state index contributed by atoms with van der Waals surface area (Å²) in [6, 6.07) is 8.07. The zero-order chi connectivity index (χ0) is 15.5. The Morgan fingerprint density at radius 2 is 1.91 bits per heavy atom. The van der Waals surface area contributed by atoms with Gasteiger partial charge in [-0.15, -0.1) is 0 Å². The summed E-state index contributed by atoms with van der Waals surface area (Å²) < 4.78 is 13.2. The van der Waals surface area contributed by atoms with Crippen molar-refractivity contribution in [3.8, 4) is 0 Å². The van der Waals surface area contributed by atoms with Crippen molar-refractivity contribution in [3.63, 3.8) is 0 Å². The van der Waals surface area contributed by atoms with Gasteiger partial charge in [0, 0.05) is 37.9 Å². The molecule has 7 heteroatoms. The predicted octanol–water partition coefficient (Wildman–Crippen LogP) is 1.69. The van der Waals surface area contributed by atoms with Gasteiger partial charge in [0.05, 0.1) is 0 Å². The average molecular weight is 302 g/mol. The van der Waals surface area contributed by atoms with Crippen LogP contribution in [0.2, 0.25) is 0 Å². The summed E-state index contributed by atoms with van der Waals surface area (Å²) in [4.78, 5) is 12.9. The van der Waals surface area contributed by atoms with Gasteiger partial charge in [-0.25, -0.2) is 4.39 Å². The molecule has 0 saturated carbocycles. The second kappa shape index (κ2) is 6.15. The van der Waals surface area contributed by atoms with Crippen LogP contribution in [0.25, 0.3) is 0 Å². The van der Waals surface area contributed by atoms with Crippen LogP contribution in [0.1, 0.15) is 0 Å². The van der Waals surface area contributed by atoms with E-state index in [9.17, 15) is 4.39 Å². The molecule has 1 aromatic heterocycles. The number of nitrogens with one attached hydrogen (secondary N) is 1. The van der Waals surface area contributed by atoms with Gasteiger partial charge in [0.25, 0.3) is 0 Å². The predicted molar refractivity (Wildman–Crippen MR) is 85.8 cm³/mol. The van der Waals surface area contributed by atoms with E-state index in [1.807, 2.05) is 6.07 Å². The lowest BCUT2D eigenvalue weighted by Crippen LogP contribution is -2.44. The number of piperazine rings is 1. The minimum atomic E-state index is -0.300. The van der Waals surface area contributed by atoms with Crippen LogP contribution < -0.4 is 16.0 Å². The summed E-state index contributed by atoms with van der Waals surface area (Å²) in [5, 5.41) is 3.07. The summed E-state index contributed by atoms with van der Waals surface area (Å²) in [5.41, 5.74) is 6.43. The van der Waals surface area contributed by atoms with Gasteiger partial charge in [0.1, 0.15) is 17.5 Å². The van der Waals surface area contributed by atoms with Gasteiger partial charge in [-0.2, -0.15) is 9.97 Å². The van der Waals surface area contributed by atoms with Crippen LogP contribution in [-0.2, 0) is 0 Å². The van der Waals surface area contributed by atoms with E-state index in [1.165, 1.54) is 12.1 Å². The highest BCUT2D eigenvalue weighted by Crippen LogP contribution is 2.21. The highest BCUT2D eigenvalue weighted by molar-refractivity contribution is 5.61. The summed E-state index contributed by atoms with van der Waals surface area (Å²) in [7, 11) is 2.10. The van der Waals surface area contributed by atoms with Crippen molar-refractivity contribution >= 4 is 23.3 Å². The lowest BCUT2D eigenvalue weighted by molar-refractivity contribution is 0.312. The zero-order valence-corrected chi connectivity index (χ0v) is 12.5. The Balaban J connectivity index is 1.80. The van der Waals surface area contributed by atoms with E-state index >= 15 is 0 Å². The van der Waals surface area contributed by atoms with Gasteiger partial charge >= 0.3 is 0 Å². The molecule has 3 N–H and O–H groups in total. The molecule has 1 saturated heterocycles. The molecular weight excluding hydrogens is 283 g/mol. The molecule has 116 valence electrons. The molecule has 0 amide bonds. The van der Waals surface area contributed by atoms with Crippen molar-refractivity contribution in [2.75, 3.05) is 49.2 Å². The molecule has 1 aromatic carbocycles. The minimum absolute atomic E-state index is 0.204. The van der Waals surface area contributed by atoms with E-state index in [-0.39, 0.29) is 11.8 Å². The highest BCUT2D eigenvalue weighted by atomic mass is 19.1. The third-order valence-corrected chi connectivity index (χ3v) is 3.65. The van der Waals surface area contributed by atoms with E-state index in [1.54, 1.807) is 12.1 Å². The number of aromatic nitrogens is 2. The maximum atomic E-state index is 13.2. The van der Waals surface area contributed by atoms with Gasteiger partial charge in [-0.3, -0.25) is 0 Å². The second-order valence-electron chi connectivity index (χ2n) is 5.40. The first-order valence-electron chi connectivity index (χ1n) is 7.21. The summed E-state index contributed by atoms with van der Waals surface area (Å²) in [6.07, 6.45) is 0. The molecule has 3 rings (SSSR count). The molecule has 0 atom stereocenters. The Morgan fingerprint density at radius 3 is 2.64 bits per heavy atom. The molecular formula is C15H19FN6. The normalized spacial score (nSPS) is 15.8. The van der Waals surface area contributed by atoms with Gasteiger partial charge in [0.15, 0.2) is 0 Å². The molecule has 0 aliphatic carbocycles. The zero-order valence-electron chi connectivity index (χ0n) is 12.5. The van der Waals surface area contributed by atoms with Gasteiger partial charge in [-0.05, 0) is 25.2 Å².